The van der Waals surface area contributed by atoms with E-state index in [1.807, 2.05) is 131 Å². The summed E-state index contributed by atoms with van der Waals surface area (Å²) in [7, 11) is -1.90. The zero-order valence-electron chi connectivity index (χ0n) is 40.4. The number of fused-ring (bicyclic) bond motifs is 1. The molecular formula is C52H64N7O8P. The summed E-state index contributed by atoms with van der Waals surface area (Å²) in [5, 5.41) is 21.9. The number of aromatic nitrogens is 4. The van der Waals surface area contributed by atoms with Gasteiger partial charge in [0.15, 0.2) is 0 Å². The van der Waals surface area contributed by atoms with Crippen molar-refractivity contribution in [3.05, 3.63) is 138 Å². The van der Waals surface area contributed by atoms with Crippen molar-refractivity contribution in [1.29, 1.82) is 5.26 Å². The van der Waals surface area contributed by atoms with Gasteiger partial charge >= 0.3 is 344 Å². The van der Waals surface area contributed by atoms with Gasteiger partial charge in [-0.25, -0.2) is 0 Å². The fraction of sp³-hybridized carbons (Fsp3) is 0.404. The monoisotopic (exact) mass is 945 g/mol. The van der Waals surface area contributed by atoms with Crippen LogP contribution in [0.3, 0.4) is 0 Å². The number of amides is 1. The van der Waals surface area contributed by atoms with E-state index in [2.05, 4.69) is 47.5 Å². The number of pyridine rings is 1. The Balaban J connectivity index is 1.28. The molecular weight excluding hydrogens is 882 g/mol. The van der Waals surface area contributed by atoms with Crippen LogP contribution in [0.25, 0.3) is 11.2 Å². The minimum absolute atomic E-state index is 0.0222. The van der Waals surface area contributed by atoms with Gasteiger partial charge in [0.2, 0.25) is 0 Å². The van der Waals surface area contributed by atoms with Crippen LogP contribution in [-0.2, 0) is 25.3 Å². The van der Waals surface area contributed by atoms with Gasteiger partial charge in [0.1, 0.15) is 0 Å². The second-order valence-electron chi connectivity index (χ2n) is 18.8. The standard InChI is InChI=1S/C52H64N7O8P/c1-35(2)59(36(3)4)68(61,62,31-13-29-53)46-32-48(58-50-49(56-57-58)44(28-30-54-50)55-47(60)34-65-43-26-16-37(17-27-43)51(5,6)7)67-45(46)33-66-52(38-14-11-10-12-15-38,39-18-22-41(63-8)23-19-39)40-20-24-42(64-9)25-21-40/h10-12,14-28,30,35-36,45-46,48,61-62H,13,31-34H2,1-9H3,(H,54,55,60)/t45-,46+,48-/m1/s1. The molecule has 1 saturated heterocycles. The number of nitrogens with zero attached hydrogens (tertiary/aromatic N) is 6. The molecule has 1 aliphatic heterocycles. The van der Waals surface area contributed by atoms with Gasteiger partial charge in [0.05, 0.1) is 0 Å². The molecule has 0 bridgehead atoms. The molecule has 1 amide bonds. The summed E-state index contributed by atoms with van der Waals surface area (Å²) in [6, 6.07) is 36.0. The first-order valence-corrected chi connectivity index (χ1v) is 25.3. The van der Waals surface area contributed by atoms with E-state index < -0.39 is 36.7 Å². The molecule has 16 heteroatoms. The molecule has 6 aromatic rings. The molecule has 0 saturated carbocycles. The molecule has 3 N–H and O–H groups in total. The average Bonchev–Trinajstić information content (AvgIpc) is 3.97. The fourth-order valence-corrected chi connectivity index (χ4v) is 14.6. The van der Waals surface area contributed by atoms with E-state index in [9.17, 15) is 19.8 Å². The Morgan fingerprint density at radius 1 is 0.853 bits per heavy atom. The van der Waals surface area contributed by atoms with Crippen molar-refractivity contribution in [2.24, 2.45) is 0 Å². The Morgan fingerprint density at radius 3 is 1.96 bits per heavy atom. The van der Waals surface area contributed by atoms with Crippen molar-refractivity contribution in [1.82, 2.24) is 24.6 Å². The van der Waals surface area contributed by atoms with Crippen LogP contribution in [-0.4, -0.2) is 97.8 Å². The predicted octanol–water partition coefficient (Wildman–Crippen LogP) is 9.14. The third-order valence-electron chi connectivity index (χ3n) is 12.7. The van der Waals surface area contributed by atoms with Crippen LogP contribution in [0, 0.1) is 11.3 Å². The molecule has 3 heterocycles. The molecule has 0 unspecified atom stereocenters. The van der Waals surface area contributed by atoms with Crippen LogP contribution in [0.4, 0.5) is 5.69 Å². The quantitative estimate of drug-likeness (QED) is 0.0516. The van der Waals surface area contributed by atoms with Crippen molar-refractivity contribution in [3.8, 4) is 23.3 Å². The van der Waals surface area contributed by atoms with E-state index in [4.69, 9.17) is 23.7 Å². The van der Waals surface area contributed by atoms with Crippen LogP contribution in [0.15, 0.2) is 115 Å². The molecule has 1 fully saturated rings. The molecule has 68 heavy (non-hydrogen) atoms. The van der Waals surface area contributed by atoms with Gasteiger partial charge < -0.3 is 0 Å². The summed E-state index contributed by atoms with van der Waals surface area (Å²) in [6.45, 7) is 13.7. The molecule has 0 aliphatic carbocycles. The molecule has 7 rings (SSSR count). The molecule has 2 aromatic heterocycles. The van der Waals surface area contributed by atoms with Gasteiger partial charge in [0.25, 0.3) is 0 Å². The molecule has 3 atom stereocenters. The zero-order valence-corrected chi connectivity index (χ0v) is 41.3. The average molecular weight is 946 g/mol. The van der Waals surface area contributed by atoms with Crippen LogP contribution in [0.1, 0.15) is 89.8 Å². The maximum absolute atomic E-state index is 13.4. The number of ether oxygens (including phenoxy) is 5. The van der Waals surface area contributed by atoms with Gasteiger partial charge in [-0.05, 0) is 23.1 Å². The van der Waals surface area contributed by atoms with E-state index >= 15 is 0 Å². The van der Waals surface area contributed by atoms with Crippen LogP contribution in [0.2, 0.25) is 0 Å². The Morgan fingerprint density at radius 2 is 1.41 bits per heavy atom. The number of rotatable bonds is 19. The van der Waals surface area contributed by atoms with Crippen molar-refractivity contribution in [2.75, 3.05) is 38.9 Å². The van der Waals surface area contributed by atoms with E-state index in [1.54, 1.807) is 31.2 Å². The van der Waals surface area contributed by atoms with E-state index in [-0.39, 0.29) is 49.7 Å². The molecule has 0 radical (unpaired) electrons. The summed E-state index contributed by atoms with van der Waals surface area (Å²) in [6.07, 6.45) is -0.590. The number of hydrogen-bond donors (Lipinski definition) is 3. The number of benzene rings is 4. The van der Waals surface area contributed by atoms with E-state index in [0.29, 0.717) is 34.1 Å². The van der Waals surface area contributed by atoms with Crippen LogP contribution >= 0.6 is 7.21 Å². The molecule has 4 aromatic carbocycles. The van der Waals surface area contributed by atoms with Gasteiger partial charge in [-0.15, -0.1) is 0 Å². The summed E-state index contributed by atoms with van der Waals surface area (Å²) in [5.41, 5.74) is 2.25. The van der Waals surface area contributed by atoms with E-state index in [1.165, 1.54) is 4.68 Å². The van der Waals surface area contributed by atoms with Gasteiger partial charge in [-0.3, -0.25) is 0 Å². The first-order chi connectivity index (χ1) is 32.4. The summed E-state index contributed by atoms with van der Waals surface area (Å²) >= 11 is 0. The van der Waals surface area contributed by atoms with Crippen molar-refractivity contribution in [2.45, 2.75) is 102 Å². The second-order valence-corrected chi connectivity index (χ2v) is 22.9. The number of carbonyl (C=O) groups is 1. The third-order valence-corrected chi connectivity index (χ3v) is 17.6. The Hall–Kier alpha value is -5.98. The SMILES string of the molecule is COc1ccc(C(OC[C@H]2O[C@@H](n3nnc4c(NC(=O)COc5ccc(C(C)(C)C)cc5)ccnc43)C[C@@H]2P(O)(O)(CCC#N)N(C(C)C)C(C)C)(c2ccccc2)c2ccc(OC)cc2)cc1. The van der Waals surface area contributed by atoms with Gasteiger partial charge in [0, 0.05) is 0 Å². The number of anilines is 1. The number of methoxy groups -OCH3 is 2. The summed E-state index contributed by atoms with van der Waals surface area (Å²) in [4.78, 5) is 44.7. The Labute approximate surface area is 399 Å². The minimum atomic E-state index is -5.13. The zero-order chi connectivity index (χ0) is 48.9. The molecule has 1 aliphatic rings. The van der Waals surface area contributed by atoms with E-state index in [0.717, 1.165) is 22.3 Å². The van der Waals surface area contributed by atoms with Crippen molar-refractivity contribution >= 4 is 30.0 Å². The first kappa shape index (κ1) is 49.9. The summed E-state index contributed by atoms with van der Waals surface area (Å²) < 4.78 is 34.6. The Kier molecular flexibility index (Phi) is 14.9. The van der Waals surface area contributed by atoms with Crippen molar-refractivity contribution in [3.63, 3.8) is 0 Å². The second kappa shape index (κ2) is 20.3. The molecule has 360 valence electrons. The van der Waals surface area contributed by atoms with Crippen molar-refractivity contribution < 1.29 is 38.3 Å². The van der Waals surface area contributed by atoms with Crippen LogP contribution in [0.5, 0.6) is 17.2 Å². The maximum atomic E-state index is 13.4. The molecule has 0 spiro atoms. The Bertz CT molecular complexity index is 2630. The number of nitriles is 1. The number of carbonyl (C=O) groups excluding carboxylic acids is 1. The third kappa shape index (κ3) is 10.1. The topological polar surface area (TPSA) is 186 Å². The predicted molar refractivity (Wildman–Crippen MR) is 264 cm³/mol. The van der Waals surface area contributed by atoms with Gasteiger partial charge in [-0.1, -0.05) is 32.9 Å². The fourth-order valence-electron chi connectivity index (χ4n) is 9.70. The number of hydrogen-bond acceptors (Lipinski definition) is 13. The number of nitrogens with one attached hydrogen (secondary N) is 1. The summed E-state index contributed by atoms with van der Waals surface area (Å²) in [5.74, 6) is 1.48. The van der Waals surface area contributed by atoms with Crippen LogP contribution < -0.4 is 19.5 Å². The normalized spacial score (nSPS) is 17.2. The first-order valence-electron chi connectivity index (χ1n) is 23.0. The molecule has 15 nitrogen and oxygen atoms in total. The van der Waals surface area contributed by atoms with Gasteiger partial charge in [-0.2, -0.15) is 0 Å².